The zero-order valence-corrected chi connectivity index (χ0v) is 13.9. The van der Waals surface area contributed by atoms with Crippen molar-refractivity contribution in [3.05, 3.63) is 63.9 Å². The third-order valence-electron chi connectivity index (χ3n) is 3.08. The summed E-state index contributed by atoms with van der Waals surface area (Å²) >= 11 is 5.96. The fraction of sp³-hybridized carbons (Fsp3) is 0.333. The van der Waals surface area contributed by atoms with Gasteiger partial charge in [-0.25, -0.2) is 0 Å². The third kappa shape index (κ3) is 3.92. The van der Waals surface area contributed by atoms with Crippen LogP contribution >= 0.6 is 11.6 Å². The van der Waals surface area contributed by atoms with Crippen LogP contribution in [0.4, 0.5) is 0 Å². The van der Waals surface area contributed by atoms with Crippen molar-refractivity contribution in [1.29, 1.82) is 0 Å². The number of aromatic nitrogens is 1. The lowest BCUT2D eigenvalue weighted by Crippen LogP contribution is -2.06. The van der Waals surface area contributed by atoms with Gasteiger partial charge in [0.05, 0.1) is 0 Å². The molecule has 0 fully saturated rings. The average molecular weight is 304 g/mol. The van der Waals surface area contributed by atoms with E-state index in [4.69, 9.17) is 11.6 Å². The van der Waals surface area contributed by atoms with Crippen molar-refractivity contribution in [3.63, 3.8) is 0 Å². The van der Waals surface area contributed by atoms with Gasteiger partial charge in [-0.2, -0.15) is 0 Å². The molecular weight excluding hydrogens is 282 g/mol. The van der Waals surface area contributed by atoms with Crippen LogP contribution in [0.3, 0.4) is 0 Å². The highest BCUT2D eigenvalue weighted by molar-refractivity contribution is 6.30. The third-order valence-corrected chi connectivity index (χ3v) is 3.32. The Morgan fingerprint density at radius 2 is 1.67 bits per heavy atom. The Bertz CT molecular complexity index is 608. The SMILES string of the molecule is CC.CC.O=C1c2ccc(Cl)cc2CCc2cccnc21. The van der Waals surface area contributed by atoms with E-state index in [0.717, 1.165) is 29.5 Å². The van der Waals surface area contributed by atoms with Gasteiger partial charge in [0.2, 0.25) is 5.78 Å². The van der Waals surface area contributed by atoms with Crippen LogP contribution in [0.1, 0.15) is 54.9 Å². The van der Waals surface area contributed by atoms with Gasteiger partial charge in [0.15, 0.2) is 0 Å². The lowest BCUT2D eigenvalue weighted by molar-refractivity contribution is 0.103. The summed E-state index contributed by atoms with van der Waals surface area (Å²) in [5.41, 5.74) is 3.34. The van der Waals surface area contributed by atoms with Crippen LogP contribution in [0.2, 0.25) is 5.02 Å². The predicted molar refractivity (Wildman–Crippen MR) is 89.2 cm³/mol. The standard InChI is InChI=1S/C14H10ClNO.2C2H6/c15-11-5-6-12-10(8-11)4-3-9-2-1-7-16-13(9)14(12)17;2*1-2/h1-2,5-8H,3-4H2;2*1-2H3. The molecule has 0 bridgehead atoms. The number of rotatable bonds is 0. The van der Waals surface area contributed by atoms with Gasteiger partial charge >= 0.3 is 0 Å². The highest BCUT2D eigenvalue weighted by atomic mass is 35.5. The van der Waals surface area contributed by atoms with Crippen LogP contribution in [0.15, 0.2) is 36.5 Å². The van der Waals surface area contributed by atoms with Crippen molar-refractivity contribution in [2.45, 2.75) is 40.5 Å². The average Bonchev–Trinajstić information content (AvgIpc) is 2.69. The first-order valence-electron chi connectivity index (χ1n) is 7.53. The number of aryl methyl sites for hydroxylation is 2. The van der Waals surface area contributed by atoms with E-state index in [-0.39, 0.29) is 5.78 Å². The van der Waals surface area contributed by atoms with E-state index < -0.39 is 0 Å². The fourth-order valence-corrected chi connectivity index (χ4v) is 2.43. The van der Waals surface area contributed by atoms with Crippen LogP contribution in [-0.2, 0) is 12.8 Å². The van der Waals surface area contributed by atoms with E-state index in [1.54, 1.807) is 18.3 Å². The maximum Gasteiger partial charge on any atom is 0.211 e. The number of benzene rings is 1. The molecule has 3 heteroatoms. The van der Waals surface area contributed by atoms with Crippen LogP contribution in [0.25, 0.3) is 0 Å². The molecule has 3 rings (SSSR count). The summed E-state index contributed by atoms with van der Waals surface area (Å²) in [6.07, 6.45) is 3.33. The molecule has 0 aliphatic heterocycles. The summed E-state index contributed by atoms with van der Waals surface area (Å²) in [6.45, 7) is 8.00. The van der Waals surface area contributed by atoms with E-state index in [0.29, 0.717) is 10.7 Å². The minimum atomic E-state index is 0.00441. The summed E-state index contributed by atoms with van der Waals surface area (Å²) in [6, 6.07) is 9.26. The smallest absolute Gasteiger partial charge is 0.211 e. The minimum Gasteiger partial charge on any atom is -0.287 e. The molecule has 1 heterocycles. The Kier molecular flexibility index (Phi) is 7.10. The highest BCUT2D eigenvalue weighted by Crippen LogP contribution is 2.25. The number of carbonyl (C=O) groups excluding carboxylic acids is 1. The molecule has 2 aromatic rings. The fourth-order valence-electron chi connectivity index (χ4n) is 2.23. The predicted octanol–water partition coefficient (Wildman–Crippen LogP) is 5.12. The Labute approximate surface area is 132 Å². The van der Waals surface area contributed by atoms with Crippen LogP contribution < -0.4 is 0 Å². The molecule has 0 radical (unpaired) electrons. The number of hydrogen-bond donors (Lipinski definition) is 0. The molecule has 0 amide bonds. The molecule has 112 valence electrons. The first-order chi connectivity index (χ1) is 10.3. The molecule has 0 spiro atoms. The van der Waals surface area contributed by atoms with Crippen molar-refractivity contribution in [2.75, 3.05) is 0 Å². The first-order valence-corrected chi connectivity index (χ1v) is 7.90. The quantitative estimate of drug-likeness (QED) is 0.676. The molecule has 1 aromatic carbocycles. The second-order valence-corrected chi connectivity index (χ2v) is 4.58. The molecule has 1 aromatic heterocycles. The van der Waals surface area contributed by atoms with E-state index in [2.05, 4.69) is 4.98 Å². The van der Waals surface area contributed by atoms with Gasteiger partial charge < -0.3 is 0 Å². The van der Waals surface area contributed by atoms with Gasteiger partial charge in [0.1, 0.15) is 5.69 Å². The summed E-state index contributed by atoms with van der Waals surface area (Å²) < 4.78 is 0. The molecule has 0 saturated carbocycles. The number of hydrogen-bond acceptors (Lipinski definition) is 2. The highest BCUT2D eigenvalue weighted by Gasteiger charge is 2.21. The van der Waals surface area contributed by atoms with E-state index in [1.807, 2.05) is 45.9 Å². The molecule has 2 nitrogen and oxygen atoms in total. The Balaban J connectivity index is 0.000000510. The number of nitrogens with zero attached hydrogens (tertiary/aromatic N) is 1. The number of halogens is 1. The molecule has 0 unspecified atom stereocenters. The van der Waals surface area contributed by atoms with Gasteiger partial charge in [-0.05, 0) is 48.2 Å². The van der Waals surface area contributed by atoms with Gasteiger partial charge in [-0.3, -0.25) is 9.78 Å². The topological polar surface area (TPSA) is 30.0 Å². The van der Waals surface area contributed by atoms with Gasteiger partial charge in [-0.15, -0.1) is 0 Å². The van der Waals surface area contributed by atoms with E-state index in [9.17, 15) is 4.79 Å². The van der Waals surface area contributed by atoms with Gasteiger partial charge in [-0.1, -0.05) is 45.4 Å². The molecule has 1 aliphatic carbocycles. The zero-order valence-electron chi connectivity index (χ0n) is 13.1. The molecule has 1 aliphatic rings. The Hall–Kier alpha value is -1.67. The second kappa shape index (κ2) is 8.58. The zero-order chi connectivity index (χ0) is 15.8. The number of pyridine rings is 1. The van der Waals surface area contributed by atoms with Gasteiger partial charge in [0.25, 0.3) is 0 Å². The number of fused-ring (bicyclic) bond motifs is 2. The number of ketones is 1. The monoisotopic (exact) mass is 303 g/mol. The molecule has 0 atom stereocenters. The van der Waals surface area contributed by atoms with Crippen LogP contribution in [-0.4, -0.2) is 10.8 Å². The van der Waals surface area contributed by atoms with Crippen molar-refractivity contribution in [3.8, 4) is 0 Å². The van der Waals surface area contributed by atoms with Crippen molar-refractivity contribution in [1.82, 2.24) is 4.98 Å². The Morgan fingerprint density at radius 3 is 2.38 bits per heavy atom. The summed E-state index contributed by atoms with van der Waals surface area (Å²) in [4.78, 5) is 16.5. The van der Waals surface area contributed by atoms with Crippen molar-refractivity contribution >= 4 is 17.4 Å². The maximum atomic E-state index is 12.3. The largest absolute Gasteiger partial charge is 0.287 e. The van der Waals surface area contributed by atoms with Crippen LogP contribution in [0, 0.1) is 0 Å². The van der Waals surface area contributed by atoms with E-state index in [1.165, 1.54) is 0 Å². The summed E-state index contributed by atoms with van der Waals surface area (Å²) in [5.74, 6) is 0.00441. The summed E-state index contributed by atoms with van der Waals surface area (Å²) in [7, 11) is 0. The first kappa shape index (κ1) is 17.4. The molecule has 21 heavy (non-hydrogen) atoms. The second-order valence-electron chi connectivity index (χ2n) is 4.14. The summed E-state index contributed by atoms with van der Waals surface area (Å²) in [5, 5.41) is 0.676. The lowest BCUT2D eigenvalue weighted by atomic mass is 10.0. The lowest BCUT2D eigenvalue weighted by Gasteiger charge is -2.04. The van der Waals surface area contributed by atoms with Gasteiger partial charge in [0, 0.05) is 16.8 Å². The molecular formula is C18H22ClNO. The normalized spacial score (nSPS) is 11.8. The van der Waals surface area contributed by atoms with Crippen LogP contribution in [0.5, 0.6) is 0 Å². The molecule has 0 saturated heterocycles. The minimum absolute atomic E-state index is 0.00441. The van der Waals surface area contributed by atoms with Crippen molar-refractivity contribution in [2.24, 2.45) is 0 Å². The molecule has 0 N–H and O–H groups in total. The maximum absolute atomic E-state index is 12.3. The van der Waals surface area contributed by atoms with Crippen molar-refractivity contribution < 1.29 is 4.79 Å². The van der Waals surface area contributed by atoms with E-state index >= 15 is 0 Å². The number of carbonyl (C=O) groups is 1. The Morgan fingerprint density at radius 1 is 1.00 bits per heavy atom.